The minimum Gasteiger partial charge on any atom is -0.370 e. The number of benzene rings is 1. The van der Waals surface area contributed by atoms with Gasteiger partial charge in [0.1, 0.15) is 72.5 Å². The number of aromatic nitrogens is 3. The van der Waals surface area contributed by atoms with Crippen LogP contribution in [0.3, 0.4) is 0 Å². The van der Waals surface area contributed by atoms with Gasteiger partial charge >= 0.3 is 0 Å². The first kappa shape index (κ1) is 109. The summed E-state index contributed by atoms with van der Waals surface area (Å²) >= 11 is 5.54. The van der Waals surface area contributed by atoms with Gasteiger partial charge in [-0.15, -0.1) is 0 Å². The monoisotopic (exact) mass is 1840 g/mol. The molecule has 1 aromatic carbocycles. The van der Waals surface area contributed by atoms with Crippen LogP contribution < -0.4 is 125 Å². The highest BCUT2D eigenvalue weighted by atomic mass is 32.2. The minimum absolute atomic E-state index is 0.0155. The first-order valence-corrected chi connectivity index (χ1v) is 43.7. The van der Waals surface area contributed by atoms with Crippen LogP contribution in [-0.2, 0) is 109 Å². The Morgan fingerprint density at radius 3 is 1.45 bits per heavy atom. The summed E-state index contributed by atoms with van der Waals surface area (Å²) in [7, 11) is 0. The van der Waals surface area contributed by atoms with Crippen molar-refractivity contribution in [1.29, 1.82) is 5.41 Å². The number of imidazole rings is 1. The number of nitrogens with one attached hydrogen (secondary N) is 20. The summed E-state index contributed by atoms with van der Waals surface area (Å²) in [5.74, 6) is -18.9. The lowest BCUT2D eigenvalue weighted by molar-refractivity contribution is -0.136. The standard InChI is InChI=1S/C79H127N27O20S2/c1-40(2)27-52(103-71(119)49(17-14-25-89-79(85)86)101-72(120)50(19-21-58(81)107)96-61(110)18-10-9-13-24-88-70(118)57(38-127)99-63(112)35-91-62(111)32-80)69(117)92-36-64(113)98-56(31-60(83)109)77(125)102-51(20-22-59(82)108)73(121)105-54(29-44-33-90-47-16-12-11-15-46(44)47)74(122)95-43(7)68(116)106-66(42(5)6)78(126)93-37-65(114)97-55(30-45-34-87-39-94-45)76(124)104-53(28-41(3)4)75(123)100-48(67(84)115)23-26-128-8/h11-12,15-16,33-34,39-43,48-57,66,90,127H,9-10,13-14,17-32,35-38,80H2,1-8H3,(H2,81,107)(H2,82,108)(H2,83,109)(H2,84,115)(H,87,94)(H,88,118)(H,91,111)(H,92,117)(H,93,126)(H,95,122)(H,96,110)(H,97,114)(H,98,113)(H,99,112)(H,100,123)(H,101,120)(H,102,125)(H,103,119)(H,104,124)(H,105,121)(H,106,116)(H4,85,86,89)/t43-,48-,49-,50-,51-,52-,53-,54-,55-,56-,57?,66-/m0/s1. The molecule has 0 radical (unpaired) electrons. The zero-order chi connectivity index (χ0) is 95.9. The molecular formula is C79H127N27O20S2. The minimum atomic E-state index is -1.91. The molecule has 20 amide bonds. The van der Waals surface area contributed by atoms with Crippen LogP contribution in [0.5, 0.6) is 0 Å². The van der Waals surface area contributed by atoms with Gasteiger partial charge in [-0.2, -0.15) is 24.4 Å². The average molecular weight is 1840 g/mol. The topological polar surface area (TPSA) is 770 Å². The summed E-state index contributed by atoms with van der Waals surface area (Å²) < 4.78 is 0. The Hall–Kier alpha value is -12.7. The molecule has 32 N–H and O–H groups in total. The smallest absolute Gasteiger partial charge is 0.243 e. The van der Waals surface area contributed by atoms with E-state index in [9.17, 15) is 95.9 Å². The zero-order valence-corrected chi connectivity index (χ0v) is 74.8. The van der Waals surface area contributed by atoms with Crippen LogP contribution in [0.15, 0.2) is 43.0 Å². The van der Waals surface area contributed by atoms with Crippen molar-refractivity contribution < 1.29 is 95.9 Å². The number of guanidine groups is 1. The third-order valence-corrected chi connectivity index (χ3v) is 20.3. The second-order valence-electron chi connectivity index (χ2n) is 31.5. The number of hydrogen-bond donors (Lipinski definition) is 27. The van der Waals surface area contributed by atoms with Crippen molar-refractivity contribution >= 4 is 159 Å². The van der Waals surface area contributed by atoms with Gasteiger partial charge in [-0.3, -0.25) is 101 Å². The van der Waals surface area contributed by atoms with E-state index in [0.29, 0.717) is 40.8 Å². The predicted octanol–water partition coefficient (Wildman–Crippen LogP) is -7.92. The summed E-state index contributed by atoms with van der Waals surface area (Å²) in [4.78, 5) is 278. The van der Waals surface area contributed by atoms with Gasteiger partial charge in [-0.1, -0.05) is 66.2 Å². The summed E-state index contributed by atoms with van der Waals surface area (Å²) in [6.45, 7) is 9.11. The molecule has 12 atom stereocenters. The summed E-state index contributed by atoms with van der Waals surface area (Å²) in [5.41, 5.74) is 34.2. The highest BCUT2D eigenvalue weighted by Crippen LogP contribution is 2.21. The SMILES string of the molecule is CSCC[C@H](NC(=O)[C@H](CC(C)C)NC(=O)[C@H](Cc1cnc[nH]1)NC(=O)CNC(=O)[C@@H](NC(=O)[C@H](C)NC(=O)[C@H](Cc1c[nH]c2ccccc12)NC(=O)[C@H](CCC(N)=O)NC(=O)[C@H](CC(N)=O)NC(=O)CNC(=O)[C@H](CC(C)C)NC(=O)[C@H](CCCNC(=N)N)NC(=O)[C@H](CCC(N)=O)NC(=O)CCCCCNC(=O)C(CS)NC(=O)CNC(=O)CN)C(C)C)C(N)=O. The second kappa shape index (κ2) is 57.8. The van der Waals surface area contributed by atoms with Crippen LogP contribution in [0.1, 0.15) is 150 Å². The number of carbonyl (C=O) groups excluding carboxylic acids is 20. The summed E-state index contributed by atoms with van der Waals surface area (Å²) in [6, 6.07) is -10.3. The lowest BCUT2D eigenvalue weighted by Gasteiger charge is -2.27. The van der Waals surface area contributed by atoms with Crippen LogP contribution in [0.2, 0.25) is 0 Å². The number of nitrogens with zero attached hydrogens (tertiary/aromatic N) is 1. The molecule has 128 heavy (non-hydrogen) atoms. The van der Waals surface area contributed by atoms with E-state index in [1.807, 2.05) is 20.1 Å². The molecule has 3 rings (SSSR count). The zero-order valence-electron chi connectivity index (χ0n) is 73.1. The van der Waals surface area contributed by atoms with Gasteiger partial charge in [0.05, 0.1) is 38.9 Å². The summed E-state index contributed by atoms with van der Waals surface area (Å²) in [6.07, 6.45) is 3.88. The van der Waals surface area contributed by atoms with Gasteiger partial charge in [0.15, 0.2) is 5.96 Å². The van der Waals surface area contributed by atoms with Crippen LogP contribution >= 0.6 is 24.4 Å². The molecule has 0 saturated heterocycles. The van der Waals surface area contributed by atoms with Crippen LogP contribution in [0, 0.1) is 23.2 Å². The van der Waals surface area contributed by atoms with E-state index in [1.54, 1.807) is 58.2 Å². The van der Waals surface area contributed by atoms with Crippen LogP contribution in [0.4, 0.5) is 0 Å². The molecule has 49 heteroatoms. The number of para-hydroxylation sites is 1. The van der Waals surface area contributed by atoms with Crippen molar-refractivity contribution in [2.45, 2.75) is 224 Å². The second-order valence-corrected chi connectivity index (χ2v) is 32.8. The fourth-order valence-electron chi connectivity index (χ4n) is 12.6. The van der Waals surface area contributed by atoms with Gasteiger partial charge in [-0.05, 0) is 106 Å². The Morgan fingerprint density at radius 2 is 0.914 bits per heavy atom. The number of hydrogen-bond acceptors (Lipinski definition) is 25. The quantitative estimate of drug-likeness (QED) is 0.0108. The van der Waals surface area contributed by atoms with Crippen molar-refractivity contribution in [3.8, 4) is 0 Å². The van der Waals surface area contributed by atoms with E-state index in [0.717, 1.165) is 0 Å². The average Bonchev–Trinajstić information content (AvgIpc) is 1.72. The highest BCUT2D eigenvalue weighted by Gasteiger charge is 2.37. The molecule has 3 aromatic rings. The molecule has 0 fully saturated rings. The van der Waals surface area contributed by atoms with Crippen molar-refractivity contribution in [2.24, 2.45) is 52.2 Å². The molecule has 1 unspecified atom stereocenters. The maximum atomic E-state index is 14.6. The molecule has 2 heterocycles. The van der Waals surface area contributed by atoms with Gasteiger partial charge in [-0.25, -0.2) is 4.98 Å². The molecule has 710 valence electrons. The number of H-pyrrole nitrogens is 2. The van der Waals surface area contributed by atoms with Crippen LogP contribution in [0.25, 0.3) is 10.9 Å². The maximum Gasteiger partial charge on any atom is 0.243 e. The number of nitrogens with two attached hydrogens (primary N) is 6. The van der Waals surface area contributed by atoms with E-state index in [4.69, 9.17) is 39.8 Å². The summed E-state index contributed by atoms with van der Waals surface area (Å²) in [5, 5.41) is 50.8. The third kappa shape index (κ3) is 42.5. The van der Waals surface area contributed by atoms with Gasteiger partial charge in [0, 0.05) is 79.9 Å². The van der Waals surface area contributed by atoms with Crippen molar-refractivity contribution in [3.63, 3.8) is 0 Å². The van der Waals surface area contributed by atoms with E-state index in [-0.39, 0.29) is 101 Å². The lowest BCUT2D eigenvalue weighted by atomic mass is 10.0. The number of rotatable bonds is 62. The van der Waals surface area contributed by atoms with E-state index in [2.05, 4.69) is 118 Å². The first-order valence-electron chi connectivity index (χ1n) is 41.7. The molecule has 0 aliphatic rings. The van der Waals surface area contributed by atoms with E-state index in [1.165, 1.54) is 31.2 Å². The fraction of sp³-hybridized carbons (Fsp3) is 0.595. The normalized spacial score (nSPS) is 13.9. The maximum absolute atomic E-state index is 14.6. The predicted molar refractivity (Wildman–Crippen MR) is 472 cm³/mol. The Balaban J connectivity index is 1.81. The molecule has 0 aliphatic carbocycles. The van der Waals surface area contributed by atoms with E-state index >= 15 is 0 Å². The molecule has 0 bridgehead atoms. The number of carbonyl (C=O) groups is 20. The number of thioether (sulfide) groups is 1. The molecule has 0 spiro atoms. The van der Waals surface area contributed by atoms with E-state index < -0.39 is 248 Å². The van der Waals surface area contributed by atoms with Crippen molar-refractivity contribution in [1.82, 2.24) is 105 Å². The Labute approximate surface area is 749 Å². The number of aromatic amines is 2. The van der Waals surface area contributed by atoms with Crippen LogP contribution in [-0.4, -0.2) is 269 Å². The largest absolute Gasteiger partial charge is 0.370 e. The number of primary amides is 4. The molecule has 47 nitrogen and oxygen atoms in total. The number of amides is 20. The van der Waals surface area contributed by atoms with Gasteiger partial charge < -0.3 is 135 Å². The Bertz CT molecular complexity index is 4300. The number of thiol groups is 1. The molecule has 0 saturated carbocycles. The van der Waals surface area contributed by atoms with Gasteiger partial charge in [0.25, 0.3) is 0 Å². The molecule has 2 aromatic heterocycles. The number of fused-ring (bicyclic) bond motifs is 1. The molecule has 0 aliphatic heterocycles. The third-order valence-electron chi connectivity index (χ3n) is 19.3. The Kier molecular flexibility index (Phi) is 49.5. The fourth-order valence-corrected chi connectivity index (χ4v) is 13.3. The lowest BCUT2D eigenvalue weighted by Crippen LogP contribution is -2.60. The Morgan fingerprint density at radius 1 is 0.438 bits per heavy atom. The van der Waals surface area contributed by atoms with Crippen molar-refractivity contribution in [2.75, 3.05) is 57.0 Å². The molecular weight excluding hydrogens is 1710 g/mol. The number of unbranched alkanes of at least 4 members (excludes halogenated alkanes) is 2. The highest BCUT2D eigenvalue weighted by molar-refractivity contribution is 7.98. The first-order chi connectivity index (χ1) is 60.4. The van der Waals surface area contributed by atoms with Gasteiger partial charge in [0.2, 0.25) is 118 Å². The van der Waals surface area contributed by atoms with Crippen molar-refractivity contribution in [3.05, 3.63) is 54.2 Å².